The van der Waals surface area contributed by atoms with Crippen molar-refractivity contribution in [3.8, 4) is 11.4 Å². The summed E-state index contributed by atoms with van der Waals surface area (Å²) >= 11 is 0. The van der Waals surface area contributed by atoms with Crippen LogP contribution in [-0.4, -0.2) is 33.6 Å². The lowest BCUT2D eigenvalue weighted by molar-refractivity contribution is 0.0744. The number of amides is 1. The molecule has 0 atom stereocenters. The van der Waals surface area contributed by atoms with Gasteiger partial charge in [0.15, 0.2) is 5.69 Å². The summed E-state index contributed by atoms with van der Waals surface area (Å²) in [5, 5.41) is 2.05. The summed E-state index contributed by atoms with van der Waals surface area (Å²) in [4.78, 5) is 17.9. The fourth-order valence-electron chi connectivity index (χ4n) is 4.73. The fourth-order valence-corrected chi connectivity index (χ4v) is 4.73. The number of hydrazine groups is 1. The van der Waals surface area contributed by atoms with Gasteiger partial charge >= 0.3 is 0 Å². The van der Waals surface area contributed by atoms with Crippen molar-refractivity contribution in [2.45, 2.75) is 71.8 Å². The first kappa shape index (κ1) is 20.1. The van der Waals surface area contributed by atoms with Crippen molar-refractivity contribution < 1.29 is 4.79 Å². The van der Waals surface area contributed by atoms with E-state index in [4.69, 9.17) is 4.98 Å². The minimum atomic E-state index is -0.0693. The second-order valence-electron chi connectivity index (χ2n) is 8.84. The predicted molar refractivity (Wildman–Crippen MR) is 117 cm³/mol. The largest absolute Gasteiger partial charge is 0.327 e. The fraction of sp³-hybridized carbons (Fsp3) is 0.583. The van der Waals surface area contributed by atoms with Gasteiger partial charge in [-0.25, -0.2) is 9.99 Å². The van der Waals surface area contributed by atoms with Crippen molar-refractivity contribution in [2.75, 3.05) is 13.1 Å². The molecule has 0 radical (unpaired) electrons. The Morgan fingerprint density at radius 3 is 2.34 bits per heavy atom. The van der Waals surface area contributed by atoms with Gasteiger partial charge in [-0.3, -0.25) is 10.2 Å². The van der Waals surface area contributed by atoms with Crippen LogP contribution in [0.25, 0.3) is 11.4 Å². The van der Waals surface area contributed by atoms with Crippen LogP contribution in [0.5, 0.6) is 0 Å². The summed E-state index contributed by atoms with van der Waals surface area (Å²) in [6.07, 6.45) is 10.1. The number of carbonyl (C=O) groups excluding carboxylic acids is 1. The van der Waals surface area contributed by atoms with Gasteiger partial charge in [-0.1, -0.05) is 55.5 Å². The zero-order valence-electron chi connectivity index (χ0n) is 17.9. The van der Waals surface area contributed by atoms with Gasteiger partial charge in [-0.15, -0.1) is 0 Å². The molecule has 1 amide bonds. The lowest BCUT2D eigenvalue weighted by atomic mass is 9.89. The monoisotopic (exact) mass is 394 g/mol. The molecule has 1 aliphatic heterocycles. The summed E-state index contributed by atoms with van der Waals surface area (Å²) < 4.78 is 2.30. The summed E-state index contributed by atoms with van der Waals surface area (Å²) in [6.45, 7) is 6.97. The van der Waals surface area contributed by atoms with Crippen LogP contribution in [0.4, 0.5) is 0 Å². The Kier molecular flexibility index (Phi) is 6.34. The number of aryl methyl sites for hydroxylation is 1. The normalized spacial score (nSPS) is 18.7. The van der Waals surface area contributed by atoms with Gasteiger partial charge < -0.3 is 4.57 Å². The van der Waals surface area contributed by atoms with Crippen LogP contribution < -0.4 is 5.43 Å². The number of imidazole rings is 1. The van der Waals surface area contributed by atoms with Crippen molar-refractivity contribution in [3.63, 3.8) is 0 Å². The number of nitrogens with one attached hydrogen (secondary N) is 1. The molecule has 2 aromatic rings. The Hall–Kier alpha value is -2.14. The summed E-state index contributed by atoms with van der Waals surface area (Å²) in [7, 11) is 0. The first-order valence-electron chi connectivity index (χ1n) is 11.3. The van der Waals surface area contributed by atoms with E-state index in [9.17, 15) is 4.79 Å². The molecule has 1 aromatic carbocycles. The van der Waals surface area contributed by atoms with Crippen molar-refractivity contribution in [3.05, 3.63) is 41.2 Å². The molecule has 156 valence electrons. The first-order chi connectivity index (χ1) is 14.1. The van der Waals surface area contributed by atoms with E-state index in [1.54, 1.807) is 0 Å². The Bertz CT molecular complexity index is 827. The van der Waals surface area contributed by atoms with Crippen LogP contribution >= 0.6 is 0 Å². The molecule has 2 fully saturated rings. The molecular weight excluding hydrogens is 360 g/mol. The summed E-state index contributed by atoms with van der Waals surface area (Å²) in [5.41, 5.74) is 6.98. The maximum atomic E-state index is 13.0. The summed E-state index contributed by atoms with van der Waals surface area (Å²) in [5.74, 6) is 1.54. The van der Waals surface area contributed by atoms with Gasteiger partial charge in [-0.05, 0) is 45.4 Å². The molecule has 1 saturated heterocycles. The molecule has 5 nitrogen and oxygen atoms in total. The van der Waals surface area contributed by atoms with Crippen LogP contribution in [0.2, 0.25) is 0 Å². The van der Waals surface area contributed by atoms with Gasteiger partial charge in [0.2, 0.25) is 0 Å². The zero-order chi connectivity index (χ0) is 20.2. The van der Waals surface area contributed by atoms with Crippen LogP contribution in [0.3, 0.4) is 0 Å². The number of hydrogen-bond donors (Lipinski definition) is 1. The van der Waals surface area contributed by atoms with Gasteiger partial charge in [0, 0.05) is 30.9 Å². The van der Waals surface area contributed by atoms with Crippen molar-refractivity contribution >= 4 is 5.91 Å². The molecule has 1 N–H and O–H groups in total. The van der Waals surface area contributed by atoms with E-state index in [1.165, 1.54) is 44.1 Å². The average Bonchev–Trinajstić information content (AvgIpc) is 3.06. The molecule has 1 aliphatic carbocycles. The highest BCUT2D eigenvalue weighted by Gasteiger charge is 2.25. The number of hydrogen-bond acceptors (Lipinski definition) is 3. The quantitative estimate of drug-likeness (QED) is 0.786. The molecule has 0 spiro atoms. The minimum absolute atomic E-state index is 0.0693. The topological polar surface area (TPSA) is 50.2 Å². The highest BCUT2D eigenvalue weighted by Crippen LogP contribution is 2.29. The van der Waals surface area contributed by atoms with E-state index in [1.807, 2.05) is 0 Å². The highest BCUT2D eigenvalue weighted by molar-refractivity contribution is 5.93. The van der Waals surface area contributed by atoms with Crippen molar-refractivity contribution in [1.29, 1.82) is 0 Å². The van der Waals surface area contributed by atoms with E-state index >= 15 is 0 Å². The SMILES string of the molecule is Cc1ccc(-c2nc(C(=O)NN3CCCCC3)c(C)n2CC2CCCCC2)cc1. The molecule has 5 heteroatoms. The molecule has 2 heterocycles. The lowest BCUT2D eigenvalue weighted by Gasteiger charge is -2.26. The van der Waals surface area contributed by atoms with Gasteiger partial charge in [0.05, 0.1) is 0 Å². The van der Waals surface area contributed by atoms with E-state index in [0.29, 0.717) is 11.6 Å². The van der Waals surface area contributed by atoms with E-state index in [-0.39, 0.29) is 5.91 Å². The number of rotatable bonds is 5. The molecule has 1 aromatic heterocycles. The van der Waals surface area contributed by atoms with Gasteiger partial charge in [0.25, 0.3) is 5.91 Å². The molecule has 2 aliphatic rings. The number of aromatic nitrogens is 2. The minimum Gasteiger partial charge on any atom is -0.327 e. The molecule has 0 unspecified atom stereocenters. The number of nitrogens with zero attached hydrogens (tertiary/aromatic N) is 3. The number of benzene rings is 1. The van der Waals surface area contributed by atoms with Crippen molar-refractivity contribution in [1.82, 2.24) is 20.0 Å². The molecular formula is C24H34N4O. The summed E-state index contributed by atoms with van der Waals surface area (Å²) in [6, 6.07) is 8.50. The third-order valence-corrected chi connectivity index (χ3v) is 6.53. The Morgan fingerprint density at radius 2 is 1.66 bits per heavy atom. The Labute approximate surface area is 174 Å². The Morgan fingerprint density at radius 1 is 1.00 bits per heavy atom. The van der Waals surface area contributed by atoms with Crippen LogP contribution in [0.1, 0.15) is 73.1 Å². The van der Waals surface area contributed by atoms with Crippen LogP contribution in [-0.2, 0) is 6.54 Å². The zero-order valence-corrected chi connectivity index (χ0v) is 17.9. The Balaban J connectivity index is 1.63. The highest BCUT2D eigenvalue weighted by atomic mass is 16.2. The third kappa shape index (κ3) is 4.72. The smallest absolute Gasteiger partial charge is 0.286 e. The average molecular weight is 395 g/mol. The van der Waals surface area contributed by atoms with Gasteiger partial charge in [0.1, 0.15) is 5.82 Å². The second kappa shape index (κ2) is 9.12. The molecule has 29 heavy (non-hydrogen) atoms. The maximum Gasteiger partial charge on any atom is 0.286 e. The van der Waals surface area contributed by atoms with E-state index < -0.39 is 0 Å². The lowest BCUT2D eigenvalue weighted by Crippen LogP contribution is -2.45. The maximum absolute atomic E-state index is 13.0. The number of carbonyl (C=O) groups is 1. The predicted octanol–water partition coefficient (Wildman–Crippen LogP) is 4.88. The van der Waals surface area contributed by atoms with E-state index in [0.717, 1.165) is 49.6 Å². The standard InChI is InChI=1S/C24H34N4O/c1-18-11-13-21(14-12-18)23-25-22(24(29)26-27-15-7-4-8-16-27)19(2)28(23)17-20-9-5-3-6-10-20/h11-14,20H,3-10,15-17H2,1-2H3,(H,26,29). The second-order valence-corrected chi connectivity index (χ2v) is 8.84. The van der Waals surface area contributed by atoms with Crippen molar-refractivity contribution in [2.24, 2.45) is 5.92 Å². The molecule has 4 rings (SSSR count). The van der Waals surface area contributed by atoms with Crippen LogP contribution in [0, 0.1) is 19.8 Å². The first-order valence-corrected chi connectivity index (χ1v) is 11.3. The third-order valence-electron chi connectivity index (χ3n) is 6.53. The van der Waals surface area contributed by atoms with E-state index in [2.05, 4.69) is 53.1 Å². The number of piperidine rings is 1. The molecule has 0 bridgehead atoms. The van der Waals surface area contributed by atoms with Crippen LogP contribution in [0.15, 0.2) is 24.3 Å². The molecule has 1 saturated carbocycles. The van der Waals surface area contributed by atoms with Gasteiger partial charge in [-0.2, -0.15) is 0 Å².